The summed E-state index contributed by atoms with van der Waals surface area (Å²) in [5.41, 5.74) is 7.71. The predicted molar refractivity (Wildman–Crippen MR) is 132 cm³/mol. The lowest BCUT2D eigenvalue weighted by molar-refractivity contribution is 0.275. The Morgan fingerprint density at radius 1 is 0.788 bits per heavy atom. The number of allylic oxidation sites excluding steroid dienone is 6. The molecule has 0 fully saturated rings. The van der Waals surface area contributed by atoms with Crippen molar-refractivity contribution in [3.05, 3.63) is 120 Å². The Balaban J connectivity index is 0.000000555. The molecule has 0 spiro atoms. The summed E-state index contributed by atoms with van der Waals surface area (Å²) in [4.78, 5) is 21.6. The Morgan fingerprint density at radius 3 is 2.00 bits per heavy atom. The van der Waals surface area contributed by atoms with Gasteiger partial charge in [0.25, 0.3) is 0 Å². The van der Waals surface area contributed by atoms with E-state index in [4.69, 9.17) is 19.2 Å². The predicted octanol–water partition coefficient (Wildman–Crippen LogP) is 6.03. The first kappa shape index (κ1) is 24.4. The maximum Gasteiger partial charge on any atom is 0.466 e. The lowest BCUT2D eigenvalue weighted by Crippen LogP contribution is -1.92. The van der Waals surface area contributed by atoms with E-state index in [9.17, 15) is 5.11 Å². The van der Waals surface area contributed by atoms with Gasteiger partial charge in [0.2, 0.25) is 0 Å². The van der Waals surface area contributed by atoms with Crippen LogP contribution in [0.4, 0.5) is 0 Å². The molecule has 0 bridgehead atoms. The molecule has 0 heterocycles. The monoisotopic (exact) mass is 462 g/mol. The topological polar surface area (TPSA) is 98.0 Å². The van der Waals surface area contributed by atoms with Gasteiger partial charge < -0.3 is 19.8 Å². The van der Waals surface area contributed by atoms with Gasteiger partial charge in [0, 0.05) is 0 Å². The molecule has 0 aromatic heterocycles. The molecular formula is C27H27O5P. The van der Waals surface area contributed by atoms with Crippen LogP contribution in [0.25, 0.3) is 16.7 Å². The first-order chi connectivity index (χ1) is 15.8. The maximum absolute atomic E-state index is 9.37. The summed E-state index contributed by atoms with van der Waals surface area (Å²) in [6.07, 6.45) is 12.1. The molecule has 5 nitrogen and oxygen atoms in total. The fourth-order valence-electron chi connectivity index (χ4n) is 3.60. The minimum absolute atomic E-state index is 0.325. The molecule has 4 N–H and O–H groups in total. The van der Waals surface area contributed by atoms with Crippen molar-refractivity contribution in [2.45, 2.75) is 19.3 Å². The molecular weight excluding hydrogens is 435 g/mol. The average Bonchev–Trinajstić information content (AvgIpc) is 2.80. The molecule has 33 heavy (non-hydrogen) atoms. The molecule has 0 aliphatic heterocycles. The van der Waals surface area contributed by atoms with Crippen molar-refractivity contribution < 1.29 is 24.4 Å². The molecule has 170 valence electrons. The third-order valence-corrected chi connectivity index (χ3v) is 5.13. The quantitative estimate of drug-likeness (QED) is 0.347. The van der Waals surface area contributed by atoms with E-state index in [2.05, 4.69) is 78.9 Å². The van der Waals surface area contributed by atoms with Gasteiger partial charge in [0.15, 0.2) is 0 Å². The van der Waals surface area contributed by atoms with E-state index < -0.39 is 7.82 Å². The molecule has 0 unspecified atom stereocenters. The van der Waals surface area contributed by atoms with Crippen LogP contribution in [0.5, 0.6) is 5.75 Å². The van der Waals surface area contributed by atoms with E-state index in [1.165, 1.54) is 33.4 Å². The van der Waals surface area contributed by atoms with E-state index in [0.717, 1.165) is 19.3 Å². The second kappa shape index (κ2) is 11.6. The number of hydrogen-bond acceptors (Lipinski definition) is 2. The van der Waals surface area contributed by atoms with Crippen LogP contribution >= 0.6 is 7.82 Å². The van der Waals surface area contributed by atoms with Crippen molar-refractivity contribution in [3.63, 3.8) is 0 Å². The number of hydrogen-bond donors (Lipinski definition) is 4. The number of benzene rings is 3. The number of rotatable bonds is 5. The molecule has 3 aromatic rings. The molecule has 1 aliphatic rings. The van der Waals surface area contributed by atoms with E-state index in [0.29, 0.717) is 5.75 Å². The third-order valence-electron chi connectivity index (χ3n) is 5.13. The standard InChI is InChI=1S/C27H24O.H3O4P/c28-25-19-15-22(16-20-25)8-6-7-21-13-17-24(18-14-21)27-12-5-4-11-26(27)23-9-2-1-3-10-23;1-5(2,3)4/h1-5,7,9-13,15-20,28H,6,8,14H2;(H3,1,2,3,4). The molecule has 6 heteroatoms. The molecule has 0 saturated carbocycles. The van der Waals surface area contributed by atoms with Crippen LogP contribution in [0.3, 0.4) is 0 Å². The average molecular weight is 462 g/mol. The lowest BCUT2D eigenvalue weighted by Gasteiger charge is -2.14. The van der Waals surface area contributed by atoms with Gasteiger partial charge in [-0.05, 0) is 64.8 Å². The van der Waals surface area contributed by atoms with Crippen LogP contribution in [0, 0.1) is 0 Å². The Bertz CT molecular complexity index is 1180. The number of phenols is 1. The van der Waals surface area contributed by atoms with Crippen LogP contribution in [-0.2, 0) is 11.0 Å². The van der Waals surface area contributed by atoms with Crippen molar-refractivity contribution in [1.82, 2.24) is 0 Å². The zero-order valence-electron chi connectivity index (χ0n) is 18.1. The van der Waals surface area contributed by atoms with Crippen molar-refractivity contribution in [2.24, 2.45) is 0 Å². The number of phosphoric acid groups is 1. The van der Waals surface area contributed by atoms with Crippen molar-refractivity contribution in [3.8, 4) is 16.9 Å². The lowest BCUT2D eigenvalue weighted by atomic mass is 9.90. The van der Waals surface area contributed by atoms with E-state index in [-0.39, 0.29) is 0 Å². The molecule has 4 rings (SSSR count). The summed E-state index contributed by atoms with van der Waals surface area (Å²) < 4.78 is 8.88. The summed E-state index contributed by atoms with van der Waals surface area (Å²) in [7, 11) is -4.64. The van der Waals surface area contributed by atoms with Crippen LogP contribution in [0.15, 0.2) is 109 Å². The normalized spacial score (nSPS) is 14.4. The van der Waals surface area contributed by atoms with E-state index >= 15 is 0 Å². The molecule has 0 saturated heterocycles. The van der Waals surface area contributed by atoms with Gasteiger partial charge in [-0.3, -0.25) is 0 Å². The fraction of sp³-hybridized carbons (Fsp3) is 0.111. The molecule has 0 radical (unpaired) electrons. The Labute approximate surface area is 193 Å². The molecule has 3 aromatic carbocycles. The van der Waals surface area contributed by atoms with Gasteiger partial charge in [-0.15, -0.1) is 0 Å². The van der Waals surface area contributed by atoms with Crippen molar-refractivity contribution in [1.29, 1.82) is 0 Å². The summed E-state index contributed by atoms with van der Waals surface area (Å²) in [6.45, 7) is 0. The first-order valence-electron chi connectivity index (χ1n) is 10.6. The highest BCUT2D eigenvalue weighted by molar-refractivity contribution is 7.45. The van der Waals surface area contributed by atoms with Crippen LogP contribution in [-0.4, -0.2) is 19.8 Å². The first-order valence-corrected chi connectivity index (χ1v) is 12.1. The highest BCUT2D eigenvalue weighted by Crippen LogP contribution is 2.32. The summed E-state index contributed by atoms with van der Waals surface area (Å²) >= 11 is 0. The van der Waals surface area contributed by atoms with Crippen molar-refractivity contribution >= 4 is 13.4 Å². The number of aryl methyl sites for hydroxylation is 1. The summed E-state index contributed by atoms with van der Waals surface area (Å²) in [6, 6.07) is 26.7. The van der Waals surface area contributed by atoms with Crippen LogP contribution < -0.4 is 0 Å². The number of aromatic hydroxyl groups is 1. The van der Waals surface area contributed by atoms with Gasteiger partial charge in [0.1, 0.15) is 5.75 Å². The zero-order valence-corrected chi connectivity index (χ0v) is 19.0. The van der Waals surface area contributed by atoms with Gasteiger partial charge in [0.05, 0.1) is 0 Å². The van der Waals surface area contributed by atoms with Gasteiger partial charge in [-0.25, -0.2) is 4.57 Å². The molecule has 1 aliphatic carbocycles. The van der Waals surface area contributed by atoms with Gasteiger partial charge in [-0.1, -0.05) is 91.0 Å². The Morgan fingerprint density at radius 2 is 1.39 bits per heavy atom. The Hall–Kier alpha value is -3.21. The zero-order chi connectivity index (χ0) is 23.7. The SMILES string of the molecule is O=P(O)(O)O.Oc1ccc(CCC=C2C=CC(c3ccccc3-c3ccccc3)=CC2)cc1. The highest BCUT2D eigenvalue weighted by atomic mass is 31.2. The second-order valence-corrected chi connectivity index (χ2v) is 8.63. The highest BCUT2D eigenvalue weighted by Gasteiger charge is 2.09. The number of phenolic OH excluding ortho intramolecular Hbond substituents is 1. The molecule has 0 atom stereocenters. The minimum atomic E-state index is -4.64. The van der Waals surface area contributed by atoms with Crippen LogP contribution in [0.1, 0.15) is 24.0 Å². The minimum Gasteiger partial charge on any atom is -0.508 e. The summed E-state index contributed by atoms with van der Waals surface area (Å²) in [5, 5.41) is 9.37. The summed E-state index contributed by atoms with van der Waals surface area (Å²) in [5.74, 6) is 0.325. The van der Waals surface area contributed by atoms with Gasteiger partial charge >= 0.3 is 7.82 Å². The van der Waals surface area contributed by atoms with Gasteiger partial charge in [-0.2, -0.15) is 0 Å². The van der Waals surface area contributed by atoms with Crippen LogP contribution in [0.2, 0.25) is 0 Å². The Kier molecular flexibility index (Phi) is 8.58. The van der Waals surface area contributed by atoms with E-state index in [1.54, 1.807) is 12.1 Å². The second-order valence-electron chi connectivity index (χ2n) is 7.61. The smallest absolute Gasteiger partial charge is 0.466 e. The maximum atomic E-state index is 9.37. The third kappa shape index (κ3) is 8.33. The van der Waals surface area contributed by atoms with Crippen molar-refractivity contribution in [2.75, 3.05) is 0 Å². The molecule has 0 amide bonds. The largest absolute Gasteiger partial charge is 0.508 e. The fourth-order valence-corrected chi connectivity index (χ4v) is 3.60. The van der Waals surface area contributed by atoms with E-state index in [1.807, 2.05) is 12.1 Å².